The Hall–Kier alpha value is -2.02. The van der Waals surface area contributed by atoms with Gasteiger partial charge in [-0.3, -0.25) is 0 Å². The highest BCUT2D eigenvalue weighted by Crippen LogP contribution is 2.58. The standard InChI is InChI=1S/C22H25N/c1-14(2)22(15(3)4)18-12-8-6-10-16(18)21-20(22)17-11-7-9-13-19(17)23(21)5/h6-15H,1-5H3. The zero-order valence-electron chi connectivity index (χ0n) is 14.7. The quantitative estimate of drug-likeness (QED) is 0.567. The van der Waals surface area contributed by atoms with Crippen LogP contribution in [0.3, 0.4) is 0 Å². The number of hydrogen-bond acceptors (Lipinski definition) is 0. The monoisotopic (exact) mass is 303 g/mol. The molecule has 118 valence electrons. The fourth-order valence-electron chi connectivity index (χ4n) is 5.18. The summed E-state index contributed by atoms with van der Waals surface area (Å²) in [6, 6.07) is 17.9. The second kappa shape index (κ2) is 4.74. The molecule has 0 spiro atoms. The summed E-state index contributed by atoms with van der Waals surface area (Å²) in [4.78, 5) is 0. The van der Waals surface area contributed by atoms with Gasteiger partial charge in [0, 0.05) is 28.9 Å². The van der Waals surface area contributed by atoms with E-state index in [9.17, 15) is 0 Å². The summed E-state index contributed by atoms with van der Waals surface area (Å²) in [7, 11) is 2.22. The van der Waals surface area contributed by atoms with E-state index in [-0.39, 0.29) is 5.41 Å². The van der Waals surface area contributed by atoms with Crippen LogP contribution >= 0.6 is 0 Å². The van der Waals surface area contributed by atoms with Gasteiger partial charge >= 0.3 is 0 Å². The van der Waals surface area contributed by atoms with Crippen LogP contribution in [0.1, 0.15) is 38.8 Å². The molecule has 2 aromatic carbocycles. The summed E-state index contributed by atoms with van der Waals surface area (Å²) < 4.78 is 2.40. The molecule has 0 radical (unpaired) electrons. The predicted molar refractivity (Wildman–Crippen MR) is 98.8 cm³/mol. The van der Waals surface area contributed by atoms with Crippen LogP contribution in [-0.4, -0.2) is 4.57 Å². The summed E-state index contributed by atoms with van der Waals surface area (Å²) in [5.41, 5.74) is 7.33. The molecule has 0 saturated carbocycles. The topological polar surface area (TPSA) is 4.93 Å². The first-order valence-corrected chi connectivity index (χ1v) is 8.69. The van der Waals surface area contributed by atoms with E-state index in [1.807, 2.05) is 0 Å². The third kappa shape index (κ3) is 1.58. The van der Waals surface area contributed by atoms with Crippen LogP contribution < -0.4 is 0 Å². The first-order chi connectivity index (χ1) is 11.0. The molecule has 1 aliphatic rings. The van der Waals surface area contributed by atoms with Crippen molar-refractivity contribution in [2.24, 2.45) is 18.9 Å². The molecule has 0 aliphatic heterocycles. The van der Waals surface area contributed by atoms with Crippen molar-refractivity contribution in [1.82, 2.24) is 4.57 Å². The second-order valence-corrected chi connectivity index (χ2v) is 7.52. The van der Waals surface area contributed by atoms with E-state index >= 15 is 0 Å². The van der Waals surface area contributed by atoms with Crippen LogP contribution in [0.15, 0.2) is 48.5 Å². The van der Waals surface area contributed by atoms with E-state index in [2.05, 4.69) is 87.8 Å². The van der Waals surface area contributed by atoms with Gasteiger partial charge in [0.15, 0.2) is 0 Å². The molecule has 1 aliphatic carbocycles. The van der Waals surface area contributed by atoms with Gasteiger partial charge in [0.2, 0.25) is 0 Å². The van der Waals surface area contributed by atoms with Gasteiger partial charge in [0.25, 0.3) is 0 Å². The average Bonchev–Trinajstić information content (AvgIpc) is 3.00. The zero-order valence-corrected chi connectivity index (χ0v) is 14.7. The summed E-state index contributed by atoms with van der Waals surface area (Å²) in [6.45, 7) is 9.53. The lowest BCUT2D eigenvalue weighted by Gasteiger charge is -2.40. The van der Waals surface area contributed by atoms with Crippen LogP contribution in [0.2, 0.25) is 0 Å². The van der Waals surface area contributed by atoms with Crippen molar-refractivity contribution in [2.75, 3.05) is 0 Å². The highest BCUT2D eigenvalue weighted by Gasteiger charge is 2.50. The van der Waals surface area contributed by atoms with Crippen molar-refractivity contribution in [3.63, 3.8) is 0 Å². The summed E-state index contributed by atoms with van der Waals surface area (Å²) in [6.07, 6.45) is 0. The Labute approximate surface area is 139 Å². The normalized spacial score (nSPS) is 15.4. The van der Waals surface area contributed by atoms with Crippen LogP contribution in [0.5, 0.6) is 0 Å². The number of rotatable bonds is 2. The number of fused-ring (bicyclic) bond motifs is 5. The van der Waals surface area contributed by atoms with Gasteiger partial charge in [0.1, 0.15) is 0 Å². The fourth-order valence-corrected chi connectivity index (χ4v) is 5.18. The number of para-hydroxylation sites is 1. The molecule has 0 atom stereocenters. The lowest BCUT2D eigenvalue weighted by molar-refractivity contribution is 0.282. The average molecular weight is 303 g/mol. The van der Waals surface area contributed by atoms with Crippen LogP contribution in [-0.2, 0) is 12.5 Å². The molecule has 1 aromatic heterocycles. The van der Waals surface area contributed by atoms with Gasteiger partial charge in [-0.1, -0.05) is 70.2 Å². The SMILES string of the molecule is CC(C)C1(C(C)C)c2ccccc2-c2c1c1ccccc1n2C. The van der Waals surface area contributed by atoms with Crippen molar-refractivity contribution >= 4 is 10.9 Å². The lowest BCUT2D eigenvalue weighted by Crippen LogP contribution is -2.37. The van der Waals surface area contributed by atoms with Gasteiger partial charge in [-0.15, -0.1) is 0 Å². The fraction of sp³-hybridized carbons (Fsp3) is 0.364. The van der Waals surface area contributed by atoms with Crippen molar-refractivity contribution in [1.29, 1.82) is 0 Å². The molecule has 1 heteroatoms. The first kappa shape index (κ1) is 14.6. The highest BCUT2D eigenvalue weighted by atomic mass is 15.0. The van der Waals surface area contributed by atoms with E-state index in [1.54, 1.807) is 5.56 Å². The lowest BCUT2D eigenvalue weighted by atomic mass is 9.62. The van der Waals surface area contributed by atoms with Gasteiger partial charge in [-0.25, -0.2) is 0 Å². The maximum atomic E-state index is 2.40. The smallest absolute Gasteiger partial charge is 0.0533 e. The molecule has 0 amide bonds. The van der Waals surface area contributed by atoms with E-state index in [0.717, 1.165) is 0 Å². The van der Waals surface area contributed by atoms with Crippen molar-refractivity contribution in [2.45, 2.75) is 33.1 Å². The van der Waals surface area contributed by atoms with E-state index < -0.39 is 0 Å². The molecule has 0 fully saturated rings. The molecule has 4 rings (SSSR count). The maximum absolute atomic E-state index is 2.40. The third-order valence-electron chi connectivity index (χ3n) is 5.97. The number of aryl methyl sites for hydroxylation is 1. The molecule has 23 heavy (non-hydrogen) atoms. The Morgan fingerprint density at radius 3 is 2.13 bits per heavy atom. The number of benzene rings is 2. The van der Waals surface area contributed by atoms with Gasteiger partial charge in [-0.2, -0.15) is 0 Å². The highest BCUT2D eigenvalue weighted by molar-refractivity contribution is 5.98. The molecule has 1 nitrogen and oxygen atoms in total. The first-order valence-electron chi connectivity index (χ1n) is 8.69. The van der Waals surface area contributed by atoms with Crippen molar-refractivity contribution < 1.29 is 0 Å². The Balaban J connectivity index is 2.26. The maximum Gasteiger partial charge on any atom is 0.0533 e. The van der Waals surface area contributed by atoms with Crippen molar-refractivity contribution in [3.05, 3.63) is 59.7 Å². The van der Waals surface area contributed by atoms with Gasteiger partial charge in [0.05, 0.1) is 5.69 Å². The molecule has 0 saturated heterocycles. The molecule has 0 N–H and O–H groups in total. The molecule has 0 bridgehead atoms. The van der Waals surface area contributed by atoms with Crippen LogP contribution in [0.4, 0.5) is 0 Å². The van der Waals surface area contributed by atoms with Crippen molar-refractivity contribution in [3.8, 4) is 11.3 Å². The predicted octanol–water partition coefficient (Wildman–Crippen LogP) is 5.76. The third-order valence-corrected chi connectivity index (χ3v) is 5.97. The van der Waals surface area contributed by atoms with Crippen LogP contribution in [0, 0.1) is 11.8 Å². The van der Waals surface area contributed by atoms with Crippen LogP contribution in [0.25, 0.3) is 22.2 Å². The second-order valence-electron chi connectivity index (χ2n) is 7.52. The van der Waals surface area contributed by atoms with Gasteiger partial charge in [-0.05, 0) is 29.0 Å². The Morgan fingerprint density at radius 1 is 0.826 bits per heavy atom. The molecule has 0 unspecified atom stereocenters. The number of hydrogen-bond donors (Lipinski definition) is 0. The van der Waals surface area contributed by atoms with E-state index in [0.29, 0.717) is 11.8 Å². The summed E-state index contributed by atoms with van der Waals surface area (Å²) in [5.74, 6) is 1.10. The number of nitrogens with zero attached hydrogens (tertiary/aromatic N) is 1. The Morgan fingerprint density at radius 2 is 1.43 bits per heavy atom. The zero-order chi connectivity index (χ0) is 16.4. The minimum absolute atomic E-state index is 0.0901. The Bertz CT molecular complexity index is 887. The number of aromatic nitrogens is 1. The van der Waals surface area contributed by atoms with E-state index in [4.69, 9.17) is 0 Å². The largest absolute Gasteiger partial charge is 0.343 e. The summed E-state index contributed by atoms with van der Waals surface area (Å²) >= 11 is 0. The molecule has 3 aromatic rings. The van der Waals surface area contributed by atoms with E-state index in [1.165, 1.54) is 27.7 Å². The molecular weight excluding hydrogens is 278 g/mol. The minimum Gasteiger partial charge on any atom is -0.343 e. The Kier molecular flexibility index (Phi) is 3.00. The summed E-state index contributed by atoms with van der Waals surface area (Å²) in [5, 5.41) is 1.42. The minimum atomic E-state index is 0.0901. The van der Waals surface area contributed by atoms with Gasteiger partial charge < -0.3 is 4.57 Å². The molecular formula is C22H25N. The molecule has 1 heterocycles.